The number of rotatable bonds is 4. The maximum atomic E-state index is 5.89. The zero-order valence-corrected chi connectivity index (χ0v) is 11.4. The second-order valence-corrected chi connectivity index (χ2v) is 4.87. The molecule has 0 aliphatic carbocycles. The quantitative estimate of drug-likeness (QED) is 0.913. The highest BCUT2D eigenvalue weighted by molar-refractivity contribution is 5.47. The van der Waals surface area contributed by atoms with Gasteiger partial charge in [0, 0.05) is 25.5 Å². The number of anilines is 2. The smallest absolute Gasteiger partial charge is 0.228 e. The number of aromatic nitrogens is 3. The first kappa shape index (κ1) is 12.8. The molecule has 2 aromatic rings. The van der Waals surface area contributed by atoms with E-state index in [1.165, 1.54) is 0 Å². The third-order valence-corrected chi connectivity index (χ3v) is 3.19. The maximum absolute atomic E-state index is 5.89. The molecular formula is C14H17N5O. The summed E-state index contributed by atoms with van der Waals surface area (Å²) in [4.78, 5) is 14.7. The average molecular weight is 271 g/mol. The van der Waals surface area contributed by atoms with Gasteiger partial charge in [0.05, 0.1) is 6.20 Å². The van der Waals surface area contributed by atoms with E-state index in [1.807, 2.05) is 12.1 Å². The van der Waals surface area contributed by atoms with Crippen LogP contribution in [-0.4, -0.2) is 46.1 Å². The van der Waals surface area contributed by atoms with Crippen LogP contribution in [0.5, 0.6) is 5.75 Å². The van der Waals surface area contributed by atoms with Gasteiger partial charge >= 0.3 is 0 Å². The van der Waals surface area contributed by atoms with E-state index in [0.717, 1.165) is 25.3 Å². The Bertz CT molecular complexity index is 545. The lowest BCUT2D eigenvalue weighted by Crippen LogP contribution is -2.21. The lowest BCUT2D eigenvalue weighted by molar-refractivity contribution is 0.207. The molecule has 6 nitrogen and oxygen atoms in total. The largest absolute Gasteiger partial charge is 0.487 e. The van der Waals surface area contributed by atoms with Crippen molar-refractivity contribution < 1.29 is 4.74 Å². The third kappa shape index (κ3) is 3.21. The first-order valence-electron chi connectivity index (χ1n) is 6.65. The molecule has 1 fully saturated rings. The van der Waals surface area contributed by atoms with Gasteiger partial charge < -0.3 is 15.0 Å². The summed E-state index contributed by atoms with van der Waals surface area (Å²) in [5, 5.41) is 3.03. The highest BCUT2D eigenvalue weighted by atomic mass is 16.5. The van der Waals surface area contributed by atoms with E-state index in [-0.39, 0.29) is 6.10 Å². The molecule has 0 spiro atoms. The van der Waals surface area contributed by atoms with Crippen LogP contribution in [0.25, 0.3) is 0 Å². The van der Waals surface area contributed by atoms with E-state index in [4.69, 9.17) is 4.74 Å². The fourth-order valence-electron chi connectivity index (χ4n) is 2.19. The molecule has 1 N–H and O–H groups in total. The molecule has 3 rings (SSSR count). The number of hydrogen-bond acceptors (Lipinski definition) is 6. The van der Waals surface area contributed by atoms with Crippen LogP contribution in [0.2, 0.25) is 0 Å². The number of likely N-dealkylation sites (tertiary alicyclic amines) is 1. The number of likely N-dealkylation sites (N-methyl/N-ethyl adjacent to an activating group) is 1. The summed E-state index contributed by atoms with van der Waals surface area (Å²) in [5.41, 5.74) is 0. The first-order chi connectivity index (χ1) is 9.79. The molecule has 1 aliphatic rings. The minimum Gasteiger partial charge on any atom is -0.487 e. The van der Waals surface area contributed by atoms with Gasteiger partial charge in [0.25, 0.3) is 0 Å². The van der Waals surface area contributed by atoms with Gasteiger partial charge in [0.1, 0.15) is 17.7 Å². The normalized spacial score (nSPS) is 18.9. The summed E-state index contributed by atoms with van der Waals surface area (Å²) in [6, 6.07) is 5.55. The van der Waals surface area contributed by atoms with Crippen molar-refractivity contribution in [2.75, 3.05) is 25.5 Å². The van der Waals surface area contributed by atoms with Gasteiger partial charge in [0.2, 0.25) is 5.95 Å². The van der Waals surface area contributed by atoms with Crippen LogP contribution >= 0.6 is 0 Å². The van der Waals surface area contributed by atoms with E-state index in [1.54, 1.807) is 24.7 Å². The van der Waals surface area contributed by atoms with Gasteiger partial charge in [-0.2, -0.15) is 0 Å². The molecule has 1 aliphatic heterocycles. The van der Waals surface area contributed by atoms with Crippen LogP contribution in [0.4, 0.5) is 11.8 Å². The van der Waals surface area contributed by atoms with Gasteiger partial charge in [-0.05, 0) is 31.7 Å². The predicted molar refractivity (Wildman–Crippen MR) is 76.1 cm³/mol. The standard InChI is InChI=1S/C14H17N5O/c1-19-8-5-12(10-19)20-11-3-4-13(17-9-11)18-14-15-6-2-7-16-14/h2-4,6-7,9,12H,5,8,10H2,1H3,(H,15,16,17,18). The van der Waals surface area contributed by atoms with E-state index in [9.17, 15) is 0 Å². The molecule has 2 aromatic heterocycles. The minimum atomic E-state index is 0.262. The lowest BCUT2D eigenvalue weighted by Gasteiger charge is -2.13. The van der Waals surface area contributed by atoms with Crippen molar-refractivity contribution in [3.8, 4) is 5.75 Å². The molecule has 0 aromatic carbocycles. The van der Waals surface area contributed by atoms with Gasteiger partial charge in [0.15, 0.2) is 0 Å². The summed E-state index contributed by atoms with van der Waals surface area (Å²) in [6.07, 6.45) is 6.42. The highest BCUT2D eigenvalue weighted by Gasteiger charge is 2.20. The second kappa shape index (κ2) is 5.83. The SMILES string of the molecule is CN1CCC(Oc2ccc(Nc3ncccn3)nc2)C1. The second-order valence-electron chi connectivity index (χ2n) is 4.87. The monoisotopic (exact) mass is 271 g/mol. The summed E-state index contributed by atoms with van der Waals surface area (Å²) in [6.45, 7) is 2.06. The Morgan fingerprint density at radius 3 is 2.75 bits per heavy atom. The lowest BCUT2D eigenvalue weighted by atomic mass is 10.3. The maximum Gasteiger partial charge on any atom is 0.228 e. The summed E-state index contributed by atoms with van der Waals surface area (Å²) >= 11 is 0. The fraction of sp³-hybridized carbons (Fsp3) is 0.357. The van der Waals surface area contributed by atoms with Gasteiger partial charge in [-0.3, -0.25) is 0 Å². The predicted octanol–water partition coefficient (Wildman–Crippen LogP) is 1.70. The Hall–Kier alpha value is -2.21. The van der Waals surface area contributed by atoms with Crippen LogP contribution in [0.1, 0.15) is 6.42 Å². The topological polar surface area (TPSA) is 63.2 Å². The Balaban J connectivity index is 1.60. The van der Waals surface area contributed by atoms with Crippen molar-refractivity contribution in [1.29, 1.82) is 0 Å². The number of nitrogens with zero attached hydrogens (tertiary/aromatic N) is 4. The number of pyridine rings is 1. The van der Waals surface area contributed by atoms with E-state index < -0.39 is 0 Å². The molecule has 0 amide bonds. The number of nitrogens with one attached hydrogen (secondary N) is 1. The van der Waals surface area contributed by atoms with Crippen molar-refractivity contribution in [2.24, 2.45) is 0 Å². The van der Waals surface area contributed by atoms with Gasteiger partial charge in [-0.25, -0.2) is 15.0 Å². The van der Waals surface area contributed by atoms with Gasteiger partial charge in [-0.15, -0.1) is 0 Å². The molecule has 3 heterocycles. The summed E-state index contributed by atoms with van der Waals surface area (Å²) in [5.74, 6) is 2.03. The van der Waals surface area contributed by atoms with Crippen molar-refractivity contribution in [2.45, 2.75) is 12.5 Å². The van der Waals surface area contributed by atoms with Crippen LogP contribution in [-0.2, 0) is 0 Å². The first-order valence-corrected chi connectivity index (χ1v) is 6.65. The molecule has 1 saturated heterocycles. The molecule has 0 bridgehead atoms. The molecule has 1 atom stereocenters. The van der Waals surface area contributed by atoms with Crippen LogP contribution < -0.4 is 10.1 Å². The molecule has 6 heteroatoms. The average Bonchev–Trinajstić information content (AvgIpc) is 2.88. The number of hydrogen-bond donors (Lipinski definition) is 1. The molecule has 20 heavy (non-hydrogen) atoms. The van der Waals surface area contributed by atoms with E-state index >= 15 is 0 Å². The Kier molecular flexibility index (Phi) is 3.73. The molecule has 1 unspecified atom stereocenters. The molecule has 0 saturated carbocycles. The van der Waals surface area contributed by atoms with Crippen LogP contribution in [0, 0.1) is 0 Å². The molecular weight excluding hydrogens is 254 g/mol. The van der Waals surface area contributed by atoms with Crippen molar-refractivity contribution in [3.63, 3.8) is 0 Å². The van der Waals surface area contributed by atoms with E-state index in [2.05, 4.69) is 32.2 Å². The van der Waals surface area contributed by atoms with Crippen molar-refractivity contribution >= 4 is 11.8 Å². The van der Waals surface area contributed by atoms with Crippen molar-refractivity contribution in [1.82, 2.24) is 19.9 Å². The Morgan fingerprint density at radius 1 is 1.25 bits per heavy atom. The Labute approximate surface area is 117 Å². The summed E-state index contributed by atoms with van der Waals surface area (Å²) < 4.78 is 5.89. The molecule has 0 radical (unpaired) electrons. The van der Waals surface area contributed by atoms with Crippen LogP contribution in [0.3, 0.4) is 0 Å². The number of ether oxygens (including phenoxy) is 1. The zero-order chi connectivity index (χ0) is 13.8. The highest BCUT2D eigenvalue weighted by Crippen LogP contribution is 2.19. The zero-order valence-electron chi connectivity index (χ0n) is 11.4. The summed E-state index contributed by atoms with van der Waals surface area (Å²) in [7, 11) is 2.11. The van der Waals surface area contributed by atoms with E-state index in [0.29, 0.717) is 11.8 Å². The van der Waals surface area contributed by atoms with Crippen LogP contribution in [0.15, 0.2) is 36.8 Å². The van der Waals surface area contributed by atoms with Gasteiger partial charge in [-0.1, -0.05) is 0 Å². The Morgan fingerprint density at radius 2 is 2.10 bits per heavy atom. The third-order valence-electron chi connectivity index (χ3n) is 3.19. The minimum absolute atomic E-state index is 0.262. The fourth-order valence-corrected chi connectivity index (χ4v) is 2.19. The molecule has 104 valence electrons. The van der Waals surface area contributed by atoms with Crippen molar-refractivity contribution in [3.05, 3.63) is 36.8 Å².